The topological polar surface area (TPSA) is 91.6 Å². The Bertz CT molecular complexity index is 1130. The second-order valence-corrected chi connectivity index (χ2v) is 9.27. The maximum atomic E-state index is 12.6. The van der Waals surface area contributed by atoms with Crippen LogP contribution in [0.15, 0.2) is 76.9 Å². The zero-order valence-electron chi connectivity index (χ0n) is 18.4. The number of hydrogen-bond donors (Lipinski definition) is 2. The zero-order valence-corrected chi connectivity index (χ0v) is 21.5. The van der Waals surface area contributed by atoms with Gasteiger partial charge in [0.2, 0.25) is 10.0 Å². The van der Waals surface area contributed by atoms with Gasteiger partial charge in [-0.3, -0.25) is 9.67 Å². The first-order valence-electron chi connectivity index (χ1n) is 9.91. The molecule has 2 aromatic carbocycles. The Kier molecular flexibility index (Phi) is 9.66. The molecular weight excluding hydrogens is 539 g/mol. The first-order valence-corrected chi connectivity index (χ1v) is 11.3. The number of nitrogens with zero attached hydrogens (tertiary/aromatic N) is 4. The van der Waals surface area contributed by atoms with Crippen molar-refractivity contribution >= 4 is 40.0 Å². The highest BCUT2D eigenvalue weighted by Gasteiger charge is 2.20. The van der Waals surface area contributed by atoms with E-state index in [0.29, 0.717) is 31.2 Å². The van der Waals surface area contributed by atoms with Crippen LogP contribution in [0.2, 0.25) is 0 Å². The standard InChI is InChI=1S/C22H28N6O2S.HI/c1-23-22(25-16-19-10-6-7-12-21(19)31(29,30)27(2)3)24-15-18-9-4-5-11-20(18)17-28-14-8-13-26-28;/h4-14H,15-17H2,1-3H3,(H2,23,24,25);1H. The molecule has 0 unspecified atom stereocenters. The van der Waals surface area contributed by atoms with Crippen molar-refractivity contribution in [1.82, 2.24) is 24.7 Å². The molecule has 0 saturated heterocycles. The number of sulfonamides is 1. The van der Waals surface area contributed by atoms with Crippen LogP contribution in [0.4, 0.5) is 0 Å². The molecule has 0 saturated carbocycles. The number of halogens is 1. The van der Waals surface area contributed by atoms with E-state index in [4.69, 9.17) is 0 Å². The zero-order chi connectivity index (χ0) is 22.3. The molecule has 32 heavy (non-hydrogen) atoms. The normalized spacial score (nSPS) is 11.8. The molecule has 3 rings (SSSR count). The molecule has 1 aromatic heterocycles. The Morgan fingerprint density at radius 1 is 0.969 bits per heavy atom. The molecule has 0 spiro atoms. The van der Waals surface area contributed by atoms with Crippen LogP contribution in [0, 0.1) is 0 Å². The summed E-state index contributed by atoms with van der Waals surface area (Å²) in [6.45, 7) is 1.60. The lowest BCUT2D eigenvalue weighted by molar-refractivity contribution is 0.519. The van der Waals surface area contributed by atoms with E-state index in [1.54, 1.807) is 31.4 Å². The Balaban J connectivity index is 0.00000363. The number of aliphatic imine (C=N–C) groups is 1. The fraction of sp³-hybridized carbons (Fsp3) is 0.273. The maximum absolute atomic E-state index is 12.6. The largest absolute Gasteiger partial charge is 0.352 e. The van der Waals surface area contributed by atoms with Crippen LogP contribution < -0.4 is 10.6 Å². The monoisotopic (exact) mass is 568 g/mol. The minimum absolute atomic E-state index is 0. The van der Waals surface area contributed by atoms with Gasteiger partial charge in [-0.2, -0.15) is 5.10 Å². The Morgan fingerprint density at radius 3 is 2.16 bits per heavy atom. The van der Waals surface area contributed by atoms with Crippen molar-refractivity contribution in [3.63, 3.8) is 0 Å². The van der Waals surface area contributed by atoms with E-state index in [-0.39, 0.29) is 28.9 Å². The molecule has 0 atom stereocenters. The van der Waals surface area contributed by atoms with Gasteiger partial charge in [-0.05, 0) is 28.8 Å². The Hall–Kier alpha value is -2.44. The summed E-state index contributed by atoms with van der Waals surface area (Å²) >= 11 is 0. The predicted octanol–water partition coefficient (Wildman–Crippen LogP) is 2.66. The minimum Gasteiger partial charge on any atom is -0.352 e. The fourth-order valence-corrected chi connectivity index (χ4v) is 4.24. The van der Waals surface area contributed by atoms with Crippen LogP contribution in [0.3, 0.4) is 0 Å². The molecule has 0 bridgehead atoms. The lowest BCUT2D eigenvalue weighted by Crippen LogP contribution is -2.37. The predicted molar refractivity (Wildman–Crippen MR) is 138 cm³/mol. The molecule has 8 nitrogen and oxygen atoms in total. The smallest absolute Gasteiger partial charge is 0.242 e. The van der Waals surface area contributed by atoms with Crippen LogP contribution in [0.5, 0.6) is 0 Å². The molecule has 0 aliphatic carbocycles. The summed E-state index contributed by atoms with van der Waals surface area (Å²) in [6, 6.07) is 17.0. The molecule has 3 aromatic rings. The van der Waals surface area contributed by atoms with Crippen molar-refractivity contribution in [3.05, 3.63) is 83.7 Å². The average molecular weight is 568 g/mol. The molecule has 1 heterocycles. The lowest BCUT2D eigenvalue weighted by atomic mass is 10.1. The number of benzene rings is 2. The van der Waals surface area contributed by atoms with Gasteiger partial charge in [0.1, 0.15) is 0 Å². The number of hydrogen-bond acceptors (Lipinski definition) is 4. The second-order valence-electron chi connectivity index (χ2n) is 7.15. The van der Waals surface area contributed by atoms with Gasteiger partial charge < -0.3 is 10.6 Å². The van der Waals surface area contributed by atoms with E-state index < -0.39 is 10.0 Å². The van der Waals surface area contributed by atoms with Gasteiger partial charge in [-0.15, -0.1) is 24.0 Å². The van der Waals surface area contributed by atoms with Gasteiger partial charge in [0.05, 0.1) is 11.4 Å². The van der Waals surface area contributed by atoms with Gasteiger partial charge >= 0.3 is 0 Å². The Labute approximate surface area is 206 Å². The SMILES string of the molecule is CN=C(NCc1ccccc1Cn1cccn1)NCc1ccccc1S(=O)(=O)N(C)C.I. The molecule has 0 fully saturated rings. The van der Waals surface area contributed by atoms with E-state index >= 15 is 0 Å². The molecule has 10 heteroatoms. The molecule has 2 N–H and O–H groups in total. The summed E-state index contributed by atoms with van der Waals surface area (Å²) in [5.41, 5.74) is 2.98. The van der Waals surface area contributed by atoms with Gasteiger partial charge in [0.25, 0.3) is 0 Å². The number of aromatic nitrogens is 2. The molecule has 0 aliphatic heterocycles. The van der Waals surface area contributed by atoms with E-state index in [1.165, 1.54) is 18.4 Å². The highest BCUT2D eigenvalue weighted by molar-refractivity contribution is 14.0. The van der Waals surface area contributed by atoms with Crippen LogP contribution in [-0.2, 0) is 29.7 Å². The highest BCUT2D eigenvalue weighted by atomic mass is 127. The number of rotatable bonds is 8. The van der Waals surface area contributed by atoms with E-state index in [1.807, 2.05) is 35.1 Å². The van der Waals surface area contributed by atoms with E-state index in [2.05, 4.69) is 32.9 Å². The van der Waals surface area contributed by atoms with Crippen molar-refractivity contribution in [2.45, 2.75) is 24.5 Å². The van der Waals surface area contributed by atoms with Crippen molar-refractivity contribution in [3.8, 4) is 0 Å². The number of guanidine groups is 1. The van der Waals surface area contributed by atoms with E-state index in [9.17, 15) is 8.42 Å². The molecule has 0 radical (unpaired) electrons. The third kappa shape index (κ3) is 6.53. The molecule has 0 amide bonds. The van der Waals surface area contributed by atoms with Gasteiger partial charge in [-0.25, -0.2) is 12.7 Å². The summed E-state index contributed by atoms with van der Waals surface area (Å²) in [7, 11) is 1.22. The quantitative estimate of drug-likeness (QED) is 0.248. The van der Waals surface area contributed by atoms with Crippen LogP contribution in [0.25, 0.3) is 0 Å². The van der Waals surface area contributed by atoms with Crippen molar-refractivity contribution in [2.75, 3.05) is 21.1 Å². The summed E-state index contributed by atoms with van der Waals surface area (Å²) in [6.07, 6.45) is 3.70. The average Bonchev–Trinajstić information content (AvgIpc) is 3.28. The van der Waals surface area contributed by atoms with Gasteiger partial charge in [0.15, 0.2) is 5.96 Å². The second kappa shape index (κ2) is 12.0. The first-order chi connectivity index (χ1) is 14.9. The maximum Gasteiger partial charge on any atom is 0.242 e. The Morgan fingerprint density at radius 2 is 1.56 bits per heavy atom. The van der Waals surface area contributed by atoms with Gasteiger partial charge in [-0.1, -0.05) is 42.5 Å². The third-order valence-electron chi connectivity index (χ3n) is 4.86. The van der Waals surface area contributed by atoms with Crippen molar-refractivity contribution < 1.29 is 8.42 Å². The van der Waals surface area contributed by atoms with Gasteiger partial charge in [0, 0.05) is 46.6 Å². The first kappa shape index (κ1) is 25.8. The minimum atomic E-state index is -3.52. The van der Waals surface area contributed by atoms with Crippen LogP contribution >= 0.6 is 24.0 Å². The summed E-state index contributed by atoms with van der Waals surface area (Å²) in [5.74, 6) is 0.589. The lowest BCUT2D eigenvalue weighted by Gasteiger charge is -2.17. The number of nitrogens with one attached hydrogen (secondary N) is 2. The molecule has 172 valence electrons. The summed E-state index contributed by atoms with van der Waals surface area (Å²) < 4.78 is 28.3. The van der Waals surface area contributed by atoms with Crippen molar-refractivity contribution in [2.24, 2.45) is 4.99 Å². The molecular formula is C22H29IN6O2S. The fourth-order valence-electron chi connectivity index (χ4n) is 3.13. The van der Waals surface area contributed by atoms with Crippen LogP contribution in [0.1, 0.15) is 16.7 Å². The summed E-state index contributed by atoms with van der Waals surface area (Å²) in [5, 5.41) is 10.8. The molecule has 0 aliphatic rings. The summed E-state index contributed by atoms with van der Waals surface area (Å²) in [4.78, 5) is 4.55. The van der Waals surface area contributed by atoms with Crippen LogP contribution in [-0.4, -0.2) is 49.6 Å². The van der Waals surface area contributed by atoms with Crippen molar-refractivity contribution in [1.29, 1.82) is 0 Å². The highest BCUT2D eigenvalue weighted by Crippen LogP contribution is 2.18. The third-order valence-corrected chi connectivity index (χ3v) is 6.77. The van der Waals surface area contributed by atoms with E-state index in [0.717, 1.165) is 11.1 Å².